The third kappa shape index (κ3) is 4.36. The average Bonchev–Trinajstić information content (AvgIpc) is 2.82. The van der Waals surface area contributed by atoms with Crippen molar-refractivity contribution in [1.82, 2.24) is 9.80 Å². The number of likely N-dealkylation sites (N-methyl/N-ethyl adjacent to an activating group) is 2. The minimum atomic E-state index is -2.72. The molecule has 2 amide bonds. The lowest BCUT2D eigenvalue weighted by molar-refractivity contribution is -0.153. The van der Waals surface area contributed by atoms with Crippen LogP contribution in [0.4, 0.5) is 5.69 Å². The summed E-state index contributed by atoms with van der Waals surface area (Å²) in [4.78, 5) is 54.4. The number of hydrogen-bond acceptors (Lipinski definition) is 11. The first kappa shape index (κ1) is 28.2. The SMILES string of the molecule is CN(CCO)CC(=O)Nc1ccc2c(c1O)C(O)=C1C(=O)C3(O)C(O)=C(C(N)=O)C(=O)C(N(C)C)C3CC1C2. The Hall–Kier alpha value is -3.78. The van der Waals surface area contributed by atoms with E-state index in [1.54, 1.807) is 18.0 Å². The van der Waals surface area contributed by atoms with Crippen LogP contribution in [-0.2, 0) is 25.6 Å². The van der Waals surface area contributed by atoms with Gasteiger partial charge in [-0.15, -0.1) is 0 Å². The number of anilines is 1. The molecule has 1 aromatic rings. The summed E-state index contributed by atoms with van der Waals surface area (Å²) in [6.07, 6.45) is 0.137. The van der Waals surface area contributed by atoms with Crippen LogP contribution < -0.4 is 11.1 Å². The number of nitrogens with zero attached hydrogens (tertiary/aromatic N) is 2. The topological polar surface area (TPSA) is 214 Å². The first-order valence-electron chi connectivity index (χ1n) is 12.3. The molecule has 0 saturated heterocycles. The van der Waals surface area contributed by atoms with Crippen molar-refractivity contribution in [2.45, 2.75) is 24.5 Å². The van der Waals surface area contributed by atoms with Crippen molar-refractivity contribution in [3.8, 4) is 5.75 Å². The van der Waals surface area contributed by atoms with Crippen molar-refractivity contribution in [1.29, 1.82) is 0 Å². The fraction of sp³-hybridized carbons (Fsp3) is 0.462. The standard InChI is InChI=1S/C26H32N4O9/c1-29(2)19-13-9-12-8-11-4-5-14(28-15(32)10-30(3)6-7-31)20(33)16(11)21(34)17(12)23(36)26(13,39)24(37)18(22(19)35)25(27)38/h4-5,12-13,19,31,33-34,37,39H,6-10H2,1-3H3,(H2,27,38)(H,28,32). The molecule has 0 aromatic heterocycles. The molecule has 4 rings (SSSR count). The Morgan fingerprint density at radius 3 is 2.41 bits per heavy atom. The zero-order chi connectivity index (χ0) is 29.0. The Balaban J connectivity index is 1.79. The molecular formula is C26H32N4O9. The number of nitrogens with one attached hydrogen (secondary N) is 1. The number of phenolic OH excluding ortho intramolecular Hbond substituents is 1. The second-order valence-electron chi connectivity index (χ2n) is 10.5. The molecule has 1 fully saturated rings. The smallest absolute Gasteiger partial charge is 0.255 e. The van der Waals surface area contributed by atoms with Gasteiger partial charge in [0, 0.05) is 18.0 Å². The fourth-order valence-electron chi connectivity index (χ4n) is 6.00. The number of amides is 2. The fourth-order valence-corrected chi connectivity index (χ4v) is 6.00. The number of benzene rings is 1. The van der Waals surface area contributed by atoms with Gasteiger partial charge in [0.25, 0.3) is 5.91 Å². The number of fused-ring (bicyclic) bond motifs is 3. The number of hydrogen-bond donors (Lipinski definition) is 7. The summed E-state index contributed by atoms with van der Waals surface area (Å²) in [7, 11) is 4.69. The summed E-state index contributed by atoms with van der Waals surface area (Å²) in [6, 6.07) is 1.88. The van der Waals surface area contributed by atoms with Crippen LogP contribution in [0.25, 0.3) is 5.76 Å². The predicted molar refractivity (Wildman–Crippen MR) is 137 cm³/mol. The molecule has 13 nitrogen and oxygen atoms in total. The summed E-state index contributed by atoms with van der Waals surface area (Å²) >= 11 is 0. The third-order valence-corrected chi connectivity index (χ3v) is 7.76. The van der Waals surface area contributed by atoms with E-state index in [0.29, 0.717) is 5.56 Å². The second-order valence-corrected chi connectivity index (χ2v) is 10.5. The summed E-state index contributed by atoms with van der Waals surface area (Å²) in [5, 5.41) is 56.3. The zero-order valence-electron chi connectivity index (χ0n) is 21.8. The van der Waals surface area contributed by atoms with Crippen molar-refractivity contribution in [2.75, 3.05) is 46.2 Å². The minimum Gasteiger partial charge on any atom is -0.508 e. The number of carbonyl (C=O) groups excluding carboxylic acids is 4. The number of ketones is 2. The quantitative estimate of drug-likeness (QED) is 0.160. The number of nitrogens with two attached hydrogens (primary N) is 1. The molecule has 3 aliphatic carbocycles. The average molecular weight is 545 g/mol. The molecule has 0 radical (unpaired) electrons. The molecule has 8 N–H and O–H groups in total. The molecule has 4 unspecified atom stereocenters. The summed E-state index contributed by atoms with van der Waals surface area (Å²) < 4.78 is 0. The first-order chi connectivity index (χ1) is 18.2. The highest BCUT2D eigenvalue weighted by molar-refractivity contribution is 6.24. The number of primary amides is 1. The van der Waals surface area contributed by atoms with Gasteiger partial charge < -0.3 is 36.6 Å². The molecule has 1 saturated carbocycles. The number of aliphatic hydroxyl groups is 4. The Labute approximate surface area is 223 Å². The Kier molecular flexibility index (Phi) is 7.29. The lowest BCUT2D eigenvalue weighted by atomic mass is 9.57. The molecule has 0 aliphatic heterocycles. The normalized spacial score (nSPS) is 26.5. The van der Waals surface area contributed by atoms with Gasteiger partial charge in [-0.1, -0.05) is 6.07 Å². The van der Waals surface area contributed by atoms with Gasteiger partial charge in [0.1, 0.15) is 22.8 Å². The molecule has 13 heteroatoms. The maximum absolute atomic E-state index is 13.8. The number of aliphatic hydroxyl groups excluding tert-OH is 3. The van der Waals surface area contributed by atoms with Crippen LogP contribution in [0.3, 0.4) is 0 Å². The van der Waals surface area contributed by atoms with E-state index in [9.17, 15) is 39.6 Å². The molecular weight excluding hydrogens is 512 g/mol. The van der Waals surface area contributed by atoms with Crippen molar-refractivity contribution in [3.63, 3.8) is 0 Å². The molecule has 0 heterocycles. The van der Waals surface area contributed by atoms with Crippen LogP contribution in [0.2, 0.25) is 0 Å². The maximum atomic E-state index is 13.8. The van der Waals surface area contributed by atoms with Crippen LogP contribution in [0, 0.1) is 11.8 Å². The van der Waals surface area contributed by atoms with Gasteiger partial charge in [-0.3, -0.25) is 29.0 Å². The molecule has 1 aromatic carbocycles. The minimum absolute atomic E-state index is 0.0117. The summed E-state index contributed by atoms with van der Waals surface area (Å²) in [5.41, 5.74) is 1.76. The van der Waals surface area contributed by atoms with E-state index in [1.165, 1.54) is 25.1 Å². The summed E-state index contributed by atoms with van der Waals surface area (Å²) in [5.74, 6) is -7.86. The van der Waals surface area contributed by atoms with Gasteiger partial charge >= 0.3 is 0 Å². The van der Waals surface area contributed by atoms with Crippen molar-refractivity contribution in [3.05, 3.63) is 40.2 Å². The van der Waals surface area contributed by atoms with E-state index in [4.69, 9.17) is 10.8 Å². The van der Waals surface area contributed by atoms with E-state index in [2.05, 4.69) is 5.32 Å². The third-order valence-electron chi connectivity index (χ3n) is 7.76. The van der Waals surface area contributed by atoms with Crippen LogP contribution in [0.1, 0.15) is 17.5 Å². The molecule has 4 atom stereocenters. The summed E-state index contributed by atoms with van der Waals surface area (Å²) in [6.45, 7) is 0.0223. The number of carbonyl (C=O) groups is 4. The van der Waals surface area contributed by atoms with E-state index in [-0.39, 0.29) is 49.4 Å². The Morgan fingerprint density at radius 2 is 1.82 bits per heavy atom. The van der Waals surface area contributed by atoms with Crippen molar-refractivity contribution in [2.24, 2.45) is 17.6 Å². The highest BCUT2D eigenvalue weighted by Gasteiger charge is 2.64. The van der Waals surface area contributed by atoms with Gasteiger partial charge in [-0.25, -0.2) is 0 Å². The van der Waals surface area contributed by atoms with Gasteiger partial charge in [0.05, 0.1) is 30.4 Å². The highest BCUT2D eigenvalue weighted by Crippen LogP contribution is 2.53. The lowest BCUT2D eigenvalue weighted by Crippen LogP contribution is -2.65. The second kappa shape index (κ2) is 10.1. The van der Waals surface area contributed by atoms with Crippen LogP contribution >= 0.6 is 0 Å². The van der Waals surface area contributed by atoms with Crippen molar-refractivity contribution >= 4 is 34.8 Å². The van der Waals surface area contributed by atoms with E-state index in [0.717, 1.165) is 0 Å². The molecule has 39 heavy (non-hydrogen) atoms. The van der Waals surface area contributed by atoms with E-state index >= 15 is 0 Å². The van der Waals surface area contributed by atoms with E-state index < -0.39 is 69.7 Å². The van der Waals surface area contributed by atoms with Crippen molar-refractivity contribution < 1.29 is 44.7 Å². The number of rotatable bonds is 7. The van der Waals surface area contributed by atoms with Gasteiger partial charge in [-0.2, -0.15) is 0 Å². The Morgan fingerprint density at radius 1 is 1.15 bits per heavy atom. The van der Waals surface area contributed by atoms with Gasteiger partial charge in [0.2, 0.25) is 11.7 Å². The molecule has 0 spiro atoms. The first-order valence-corrected chi connectivity index (χ1v) is 12.3. The lowest BCUT2D eigenvalue weighted by Gasteiger charge is -2.50. The van der Waals surface area contributed by atoms with E-state index in [1.807, 2.05) is 0 Å². The zero-order valence-corrected chi connectivity index (χ0v) is 21.8. The van der Waals surface area contributed by atoms with Gasteiger partial charge in [-0.05, 0) is 51.5 Å². The number of phenols is 1. The molecule has 3 aliphatic rings. The predicted octanol–water partition coefficient (Wildman–Crippen LogP) is -1.17. The number of aromatic hydroxyl groups is 1. The number of Topliss-reactive ketones (excluding diaryl/α,β-unsaturated/α-hetero) is 2. The van der Waals surface area contributed by atoms with Crippen LogP contribution in [0.15, 0.2) is 29.0 Å². The molecule has 210 valence electrons. The highest BCUT2D eigenvalue weighted by atomic mass is 16.3. The monoisotopic (exact) mass is 544 g/mol. The Bertz CT molecular complexity index is 1330. The van der Waals surface area contributed by atoms with Crippen LogP contribution in [0.5, 0.6) is 5.75 Å². The maximum Gasteiger partial charge on any atom is 0.255 e. The van der Waals surface area contributed by atoms with Gasteiger partial charge in [0.15, 0.2) is 11.4 Å². The van der Waals surface area contributed by atoms with Crippen LogP contribution in [-0.4, -0.2) is 111 Å². The largest absolute Gasteiger partial charge is 0.508 e. The molecule has 0 bridgehead atoms.